The summed E-state index contributed by atoms with van der Waals surface area (Å²) in [5.41, 5.74) is 8.64. The van der Waals surface area contributed by atoms with Gasteiger partial charge in [-0.25, -0.2) is 9.50 Å². The smallest absolute Gasteiger partial charge is 0.236 e. The Morgan fingerprint density at radius 3 is 2.64 bits per heavy atom. The average molecular weight is 505 g/mol. The summed E-state index contributed by atoms with van der Waals surface area (Å²) >= 11 is 1.96. The highest BCUT2D eigenvalue weighted by Gasteiger charge is 2.46. The summed E-state index contributed by atoms with van der Waals surface area (Å²) in [5.74, 6) is 1.86. The van der Waals surface area contributed by atoms with E-state index in [1.807, 2.05) is 29.9 Å². The molecule has 7 nitrogen and oxygen atoms in total. The van der Waals surface area contributed by atoms with Gasteiger partial charge in [0.2, 0.25) is 5.91 Å². The number of carbonyl (C=O) groups excluding carboxylic acids is 1. The molecule has 36 heavy (non-hydrogen) atoms. The van der Waals surface area contributed by atoms with E-state index in [0.29, 0.717) is 30.3 Å². The van der Waals surface area contributed by atoms with E-state index >= 15 is 0 Å². The first-order chi connectivity index (χ1) is 17.2. The molecule has 1 unspecified atom stereocenters. The second kappa shape index (κ2) is 8.42. The number of aromatic nitrogens is 4. The quantitative estimate of drug-likeness (QED) is 0.403. The lowest BCUT2D eigenvalue weighted by molar-refractivity contribution is -0.130. The number of piperidine rings is 1. The third-order valence-electron chi connectivity index (χ3n) is 8.76. The van der Waals surface area contributed by atoms with Gasteiger partial charge >= 0.3 is 0 Å². The maximum Gasteiger partial charge on any atom is 0.236 e. The van der Waals surface area contributed by atoms with Crippen molar-refractivity contribution in [3.05, 3.63) is 39.7 Å². The molecule has 1 N–H and O–H groups in total. The molecule has 3 atom stereocenters. The Labute approximate surface area is 216 Å². The van der Waals surface area contributed by atoms with Crippen molar-refractivity contribution in [2.24, 2.45) is 5.92 Å². The van der Waals surface area contributed by atoms with Crippen LogP contribution in [0.4, 0.5) is 0 Å². The molecule has 1 aliphatic heterocycles. The molecule has 2 fully saturated rings. The number of fused-ring (bicyclic) bond motifs is 4. The van der Waals surface area contributed by atoms with Crippen LogP contribution in [0.2, 0.25) is 0 Å². The van der Waals surface area contributed by atoms with Crippen LogP contribution in [-0.2, 0) is 4.79 Å². The summed E-state index contributed by atoms with van der Waals surface area (Å²) < 4.78 is 1.90. The lowest BCUT2D eigenvalue weighted by atomic mass is 9.88. The standard InChI is InChI=1S/C28H36N6OS/c1-14(2)23-24-17(5)26(20-9-19-8-18(20)10-33(19)12-22(35)32(6)7)36-28(24)31-25(23)21-11-34-27(29-13-30-34)16(4)15(21)3/h11,13-14,18-20,31H,8-10,12H2,1-7H3/t18-,19?,20+/m0/s1. The van der Waals surface area contributed by atoms with Gasteiger partial charge in [0, 0.05) is 48.7 Å². The fourth-order valence-corrected chi connectivity index (χ4v) is 8.16. The summed E-state index contributed by atoms with van der Waals surface area (Å²) in [7, 11) is 3.70. The fraction of sp³-hybridized carbons (Fsp3) is 0.536. The monoisotopic (exact) mass is 504 g/mol. The first-order valence-corrected chi connectivity index (χ1v) is 13.9. The molecule has 2 aliphatic rings. The highest BCUT2D eigenvalue weighted by atomic mass is 32.1. The molecule has 0 radical (unpaired) electrons. The maximum atomic E-state index is 12.3. The van der Waals surface area contributed by atoms with Gasteiger partial charge in [0.1, 0.15) is 11.2 Å². The predicted octanol–water partition coefficient (Wildman–Crippen LogP) is 5.25. The Hall–Kier alpha value is -2.71. The van der Waals surface area contributed by atoms with Gasteiger partial charge < -0.3 is 9.88 Å². The van der Waals surface area contributed by atoms with Crippen LogP contribution in [0.1, 0.15) is 65.7 Å². The summed E-state index contributed by atoms with van der Waals surface area (Å²) in [6.07, 6.45) is 6.14. The van der Waals surface area contributed by atoms with Gasteiger partial charge in [-0.2, -0.15) is 5.10 Å². The van der Waals surface area contributed by atoms with Gasteiger partial charge in [-0.15, -0.1) is 11.3 Å². The van der Waals surface area contributed by atoms with E-state index in [0.717, 1.165) is 12.2 Å². The van der Waals surface area contributed by atoms with Gasteiger partial charge in [0.15, 0.2) is 5.65 Å². The number of likely N-dealkylation sites (tertiary alicyclic amines) is 1. The van der Waals surface area contributed by atoms with Crippen molar-refractivity contribution in [1.29, 1.82) is 0 Å². The van der Waals surface area contributed by atoms with Gasteiger partial charge in [0.25, 0.3) is 0 Å². The van der Waals surface area contributed by atoms with Crippen LogP contribution in [0.3, 0.4) is 0 Å². The van der Waals surface area contributed by atoms with E-state index in [9.17, 15) is 4.79 Å². The van der Waals surface area contributed by atoms with Gasteiger partial charge in [-0.3, -0.25) is 9.69 Å². The Morgan fingerprint density at radius 1 is 1.19 bits per heavy atom. The number of nitrogens with one attached hydrogen (secondary N) is 1. The minimum atomic E-state index is 0.212. The zero-order valence-electron chi connectivity index (χ0n) is 22.3. The summed E-state index contributed by atoms with van der Waals surface area (Å²) in [4.78, 5) is 27.6. The molecule has 6 rings (SSSR count). The Bertz CT molecular complexity index is 1490. The lowest BCUT2D eigenvalue weighted by Crippen LogP contribution is -2.42. The van der Waals surface area contributed by atoms with Crippen LogP contribution in [0, 0.1) is 26.7 Å². The van der Waals surface area contributed by atoms with E-state index in [-0.39, 0.29) is 5.91 Å². The number of hydrogen-bond acceptors (Lipinski definition) is 5. The van der Waals surface area contributed by atoms with Crippen LogP contribution in [-0.4, -0.2) is 68.5 Å². The number of amides is 1. The molecule has 2 bridgehead atoms. The first-order valence-electron chi connectivity index (χ1n) is 13.0. The molecular weight excluding hydrogens is 468 g/mol. The van der Waals surface area contributed by atoms with Gasteiger partial charge in [-0.05, 0) is 73.6 Å². The number of likely N-dealkylation sites (N-methyl/N-ethyl adjacent to an activating group) is 1. The van der Waals surface area contributed by atoms with Crippen molar-refractivity contribution >= 4 is 33.1 Å². The van der Waals surface area contributed by atoms with Gasteiger partial charge in [-0.1, -0.05) is 13.8 Å². The van der Waals surface area contributed by atoms with Crippen molar-refractivity contribution in [2.45, 2.75) is 65.3 Å². The number of carbonyl (C=O) groups is 1. The second-order valence-corrected chi connectivity index (χ2v) is 12.4. The second-order valence-electron chi connectivity index (χ2n) is 11.4. The van der Waals surface area contributed by atoms with Crippen LogP contribution >= 0.6 is 11.3 Å². The van der Waals surface area contributed by atoms with Gasteiger partial charge in [0.05, 0.1) is 12.2 Å². The zero-order chi connectivity index (χ0) is 25.5. The number of aromatic amines is 1. The third kappa shape index (κ3) is 3.44. The fourth-order valence-electron chi connectivity index (χ4n) is 6.72. The molecule has 4 aromatic rings. The van der Waals surface area contributed by atoms with Crippen molar-refractivity contribution < 1.29 is 4.79 Å². The molecule has 4 aromatic heterocycles. The first kappa shape index (κ1) is 23.7. The molecule has 1 saturated heterocycles. The number of thiophene rings is 1. The molecule has 190 valence electrons. The average Bonchev–Trinajstić information content (AvgIpc) is 3.63. The SMILES string of the molecule is Cc1c(-c2[nH]c3sc([C@@H]4CC5C[C@H]4CN5CC(=O)N(C)C)c(C)c3c2C(C)C)cn2ncnc2c1C. The normalized spacial score (nSPS) is 22.1. The van der Waals surface area contributed by atoms with Crippen molar-refractivity contribution in [3.8, 4) is 11.3 Å². The molecule has 1 amide bonds. The molecule has 0 spiro atoms. The van der Waals surface area contributed by atoms with E-state index in [1.165, 1.54) is 56.6 Å². The Morgan fingerprint density at radius 2 is 1.97 bits per heavy atom. The van der Waals surface area contributed by atoms with Crippen molar-refractivity contribution in [2.75, 3.05) is 27.2 Å². The number of H-pyrrole nitrogens is 1. The summed E-state index contributed by atoms with van der Waals surface area (Å²) in [6, 6.07) is 0.531. The van der Waals surface area contributed by atoms with E-state index in [1.54, 1.807) is 16.1 Å². The minimum absolute atomic E-state index is 0.212. The highest BCUT2D eigenvalue weighted by Crippen LogP contribution is 2.53. The van der Waals surface area contributed by atoms with E-state index in [4.69, 9.17) is 0 Å². The van der Waals surface area contributed by atoms with Crippen LogP contribution in [0.5, 0.6) is 0 Å². The molecule has 1 saturated carbocycles. The van der Waals surface area contributed by atoms with Crippen molar-refractivity contribution in [1.82, 2.24) is 29.4 Å². The number of pyridine rings is 1. The van der Waals surface area contributed by atoms with E-state index in [2.05, 4.69) is 60.8 Å². The topological polar surface area (TPSA) is 69.5 Å². The Balaban J connectivity index is 1.37. The highest BCUT2D eigenvalue weighted by molar-refractivity contribution is 7.19. The number of hydrogen-bond donors (Lipinski definition) is 1. The summed E-state index contributed by atoms with van der Waals surface area (Å²) in [6.45, 7) is 12.9. The largest absolute Gasteiger partial charge is 0.348 e. The number of rotatable bonds is 5. The van der Waals surface area contributed by atoms with Crippen LogP contribution in [0.25, 0.3) is 27.1 Å². The van der Waals surface area contributed by atoms with Crippen LogP contribution in [0.15, 0.2) is 12.5 Å². The molecule has 5 heterocycles. The third-order valence-corrected chi connectivity index (χ3v) is 10.1. The number of aryl methyl sites for hydroxylation is 2. The van der Waals surface area contributed by atoms with E-state index < -0.39 is 0 Å². The van der Waals surface area contributed by atoms with Crippen molar-refractivity contribution in [3.63, 3.8) is 0 Å². The molecule has 1 aliphatic carbocycles. The Kier molecular flexibility index (Phi) is 5.53. The molecule has 0 aromatic carbocycles. The molecule has 8 heteroatoms. The molecular formula is C28H36N6OS. The number of nitrogens with zero attached hydrogens (tertiary/aromatic N) is 5. The van der Waals surface area contributed by atoms with Crippen LogP contribution < -0.4 is 0 Å². The maximum absolute atomic E-state index is 12.3. The summed E-state index contributed by atoms with van der Waals surface area (Å²) in [5, 5.41) is 5.84. The zero-order valence-corrected chi connectivity index (χ0v) is 23.2. The lowest BCUT2D eigenvalue weighted by Gasteiger charge is -2.31. The minimum Gasteiger partial charge on any atom is -0.348 e. The predicted molar refractivity (Wildman–Crippen MR) is 146 cm³/mol.